The van der Waals surface area contributed by atoms with Crippen molar-refractivity contribution in [1.29, 1.82) is 0 Å². The maximum absolute atomic E-state index is 12.2. The number of rotatable bonds is 8. The van der Waals surface area contributed by atoms with Crippen molar-refractivity contribution >= 4 is 23.4 Å². The molecule has 0 saturated carbocycles. The predicted molar refractivity (Wildman–Crippen MR) is 107 cm³/mol. The number of benzene rings is 2. The molecule has 1 heterocycles. The van der Waals surface area contributed by atoms with Crippen LogP contribution in [0.3, 0.4) is 0 Å². The summed E-state index contributed by atoms with van der Waals surface area (Å²) in [4.78, 5) is 16.6. The first-order chi connectivity index (χ1) is 13.2. The number of imidazole rings is 1. The van der Waals surface area contributed by atoms with Crippen LogP contribution in [0.1, 0.15) is 5.56 Å². The van der Waals surface area contributed by atoms with E-state index in [9.17, 15) is 4.79 Å². The first-order valence-electron chi connectivity index (χ1n) is 8.39. The van der Waals surface area contributed by atoms with Crippen molar-refractivity contribution in [2.75, 3.05) is 25.3 Å². The second-order valence-corrected chi connectivity index (χ2v) is 6.66. The fourth-order valence-corrected chi connectivity index (χ4v) is 3.33. The number of nitrogens with zero attached hydrogens (tertiary/aromatic N) is 2. The van der Waals surface area contributed by atoms with E-state index in [1.54, 1.807) is 20.4 Å². The summed E-state index contributed by atoms with van der Waals surface area (Å²) in [6, 6.07) is 15.1. The quantitative estimate of drug-likeness (QED) is 0.601. The highest BCUT2D eigenvalue weighted by Gasteiger charge is 2.10. The minimum atomic E-state index is -0.0861. The Bertz CT molecular complexity index is 893. The smallest absolute Gasteiger partial charge is 0.234 e. The van der Waals surface area contributed by atoms with Crippen LogP contribution in [-0.4, -0.2) is 35.4 Å². The summed E-state index contributed by atoms with van der Waals surface area (Å²) < 4.78 is 12.5. The normalized spacial score (nSPS) is 10.4. The lowest BCUT2D eigenvalue weighted by atomic mass is 10.2. The minimum Gasteiger partial charge on any atom is -0.497 e. The van der Waals surface area contributed by atoms with Gasteiger partial charge in [0.1, 0.15) is 11.5 Å². The summed E-state index contributed by atoms with van der Waals surface area (Å²) in [6.07, 6.45) is 3.63. The van der Waals surface area contributed by atoms with E-state index in [2.05, 4.69) is 10.3 Å². The Morgan fingerprint density at radius 1 is 1.11 bits per heavy atom. The molecule has 0 spiro atoms. The highest BCUT2D eigenvalue weighted by molar-refractivity contribution is 7.99. The van der Waals surface area contributed by atoms with E-state index in [1.165, 1.54) is 11.8 Å². The van der Waals surface area contributed by atoms with E-state index in [4.69, 9.17) is 9.47 Å². The van der Waals surface area contributed by atoms with Crippen molar-refractivity contribution < 1.29 is 14.3 Å². The van der Waals surface area contributed by atoms with Gasteiger partial charge in [0.05, 0.1) is 26.5 Å². The van der Waals surface area contributed by atoms with E-state index in [1.807, 2.05) is 59.3 Å². The highest BCUT2D eigenvalue weighted by Crippen LogP contribution is 2.22. The van der Waals surface area contributed by atoms with Crippen molar-refractivity contribution in [1.82, 2.24) is 9.55 Å². The number of hydrogen-bond donors (Lipinski definition) is 1. The van der Waals surface area contributed by atoms with Gasteiger partial charge in [0, 0.05) is 23.6 Å². The lowest BCUT2D eigenvalue weighted by Crippen LogP contribution is -2.14. The van der Waals surface area contributed by atoms with E-state index in [-0.39, 0.29) is 11.7 Å². The van der Waals surface area contributed by atoms with E-state index >= 15 is 0 Å². The average Bonchev–Trinajstić information content (AvgIpc) is 3.14. The van der Waals surface area contributed by atoms with Gasteiger partial charge in [-0.05, 0) is 30.3 Å². The van der Waals surface area contributed by atoms with Crippen LogP contribution in [0.15, 0.2) is 66.1 Å². The number of hydrogen-bond acceptors (Lipinski definition) is 5. The zero-order valence-corrected chi connectivity index (χ0v) is 16.0. The number of para-hydroxylation sites is 1. The van der Waals surface area contributed by atoms with E-state index < -0.39 is 0 Å². The van der Waals surface area contributed by atoms with Gasteiger partial charge in [0.25, 0.3) is 0 Å². The summed E-state index contributed by atoms with van der Waals surface area (Å²) >= 11 is 1.40. The van der Waals surface area contributed by atoms with Crippen LogP contribution in [0, 0.1) is 0 Å². The summed E-state index contributed by atoms with van der Waals surface area (Å²) in [5.74, 6) is 1.77. The van der Waals surface area contributed by atoms with E-state index in [0.29, 0.717) is 6.54 Å². The molecule has 27 heavy (non-hydrogen) atoms. The lowest BCUT2D eigenvalue weighted by molar-refractivity contribution is -0.113. The van der Waals surface area contributed by atoms with Crippen LogP contribution in [-0.2, 0) is 11.3 Å². The van der Waals surface area contributed by atoms with Gasteiger partial charge in [0.2, 0.25) is 5.91 Å². The molecule has 3 aromatic rings. The van der Waals surface area contributed by atoms with Crippen molar-refractivity contribution in [3.05, 3.63) is 66.5 Å². The summed E-state index contributed by atoms with van der Waals surface area (Å²) in [6.45, 7) is 0.631. The lowest BCUT2D eigenvalue weighted by Gasteiger charge is -2.11. The molecule has 0 bridgehead atoms. The number of amides is 1. The highest BCUT2D eigenvalue weighted by atomic mass is 32.2. The fraction of sp³-hybridized carbons (Fsp3) is 0.200. The number of ether oxygens (including phenoxy) is 2. The number of aromatic nitrogens is 2. The molecule has 1 aromatic heterocycles. The summed E-state index contributed by atoms with van der Waals surface area (Å²) in [5, 5.41) is 3.65. The van der Waals surface area contributed by atoms with Gasteiger partial charge < -0.3 is 19.4 Å². The summed E-state index contributed by atoms with van der Waals surface area (Å²) in [5.41, 5.74) is 1.79. The van der Waals surface area contributed by atoms with Crippen LogP contribution in [0.5, 0.6) is 11.5 Å². The molecular weight excluding hydrogens is 362 g/mol. The Balaban J connectivity index is 1.58. The number of carbonyl (C=O) groups excluding carboxylic acids is 1. The standard InChI is InChI=1S/C20H21N3O3S/c1-25-17-9-7-16(8-10-17)22-19(24)14-27-20-21-11-12-23(20)13-15-5-3-4-6-18(15)26-2/h3-12H,13-14H2,1-2H3,(H,22,24). The molecule has 7 heteroatoms. The molecule has 0 saturated heterocycles. The minimum absolute atomic E-state index is 0.0861. The molecule has 140 valence electrons. The van der Waals surface area contributed by atoms with Crippen LogP contribution < -0.4 is 14.8 Å². The summed E-state index contributed by atoms with van der Waals surface area (Å²) in [7, 11) is 3.27. The first-order valence-corrected chi connectivity index (χ1v) is 9.38. The monoisotopic (exact) mass is 383 g/mol. The molecule has 0 aliphatic rings. The molecular formula is C20H21N3O3S. The largest absolute Gasteiger partial charge is 0.497 e. The van der Waals surface area contributed by atoms with Crippen LogP contribution in [0.25, 0.3) is 0 Å². The second kappa shape index (κ2) is 9.14. The molecule has 6 nitrogen and oxygen atoms in total. The zero-order chi connectivity index (χ0) is 19.1. The van der Waals surface area contributed by atoms with Crippen molar-refractivity contribution in [3.63, 3.8) is 0 Å². The van der Waals surface area contributed by atoms with Crippen molar-refractivity contribution in [2.24, 2.45) is 0 Å². The van der Waals surface area contributed by atoms with Crippen LogP contribution in [0.2, 0.25) is 0 Å². The van der Waals surface area contributed by atoms with Gasteiger partial charge in [-0.2, -0.15) is 0 Å². The van der Waals surface area contributed by atoms with Gasteiger partial charge in [0.15, 0.2) is 5.16 Å². The third kappa shape index (κ3) is 5.04. The molecule has 0 fully saturated rings. The van der Waals surface area contributed by atoms with Crippen LogP contribution in [0.4, 0.5) is 5.69 Å². The maximum atomic E-state index is 12.2. The fourth-order valence-electron chi connectivity index (χ4n) is 2.57. The topological polar surface area (TPSA) is 65.4 Å². The van der Waals surface area contributed by atoms with E-state index in [0.717, 1.165) is 27.9 Å². The van der Waals surface area contributed by atoms with Gasteiger partial charge >= 0.3 is 0 Å². The van der Waals surface area contributed by atoms with Crippen molar-refractivity contribution in [3.8, 4) is 11.5 Å². The Morgan fingerprint density at radius 3 is 2.63 bits per heavy atom. The maximum Gasteiger partial charge on any atom is 0.234 e. The Labute approximate surface area is 162 Å². The second-order valence-electron chi connectivity index (χ2n) is 5.71. The third-order valence-electron chi connectivity index (χ3n) is 3.92. The molecule has 0 aliphatic heterocycles. The number of thioether (sulfide) groups is 1. The molecule has 2 aromatic carbocycles. The number of carbonyl (C=O) groups is 1. The molecule has 0 atom stereocenters. The Kier molecular flexibility index (Phi) is 6.38. The molecule has 1 amide bonds. The van der Waals surface area contributed by atoms with Gasteiger partial charge in [-0.1, -0.05) is 30.0 Å². The predicted octanol–water partition coefficient (Wildman–Crippen LogP) is 3.68. The van der Waals surface area contributed by atoms with Gasteiger partial charge in [-0.3, -0.25) is 4.79 Å². The number of methoxy groups -OCH3 is 2. The molecule has 0 unspecified atom stereocenters. The number of anilines is 1. The molecule has 0 aliphatic carbocycles. The zero-order valence-electron chi connectivity index (χ0n) is 15.2. The van der Waals surface area contributed by atoms with Gasteiger partial charge in [-0.15, -0.1) is 0 Å². The molecule has 0 radical (unpaired) electrons. The number of nitrogens with one attached hydrogen (secondary N) is 1. The van der Waals surface area contributed by atoms with Gasteiger partial charge in [-0.25, -0.2) is 4.98 Å². The van der Waals surface area contributed by atoms with Crippen LogP contribution >= 0.6 is 11.8 Å². The third-order valence-corrected chi connectivity index (χ3v) is 4.92. The first kappa shape index (κ1) is 18.8. The van der Waals surface area contributed by atoms with Crippen molar-refractivity contribution in [2.45, 2.75) is 11.7 Å². The molecule has 3 rings (SSSR count). The SMILES string of the molecule is COc1ccc(NC(=O)CSc2nccn2Cc2ccccc2OC)cc1. The average molecular weight is 383 g/mol. The Hall–Kier alpha value is -2.93. The Morgan fingerprint density at radius 2 is 1.89 bits per heavy atom. The molecule has 1 N–H and O–H groups in total.